The number of halogens is 5. The van der Waals surface area contributed by atoms with E-state index in [1.807, 2.05) is 4.72 Å². The SMILES string of the molecule is CS(=O)(=O)N[C@@H]1CN(C2=NOC(c3ccc(F)cc3-c3c(F)cccc3F)C2)CC1(F)F. The van der Waals surface area contributed by atoms with E-state index in [4.69, 9.17) is 4.84 Å². The van der Waals surface area contributed by atoms with Crippen LogP contribution in [0.2, 0.25) is 0 Å². The Morgan fingerprint density at radius 2 is 1.84 bits per heavy atom. The van der Waals surface area contributed by atoms with Crippen molar-refractivity contribution in [2.45, 2.75) is 24.5 Å². The topological polar surface area (TPSA) is 71.0 Å². The summed E-state index contributed by atoms with van der Waals surface area (Å²) < 4.78 is 95.9. The van der Waals surface area contributed by atoms with Gasteiger partial charge in [0.1, 0.15) is 29.3 Å². The molecule has 1 saturated heterocycles. The molecule has 0 bridgehead atoms. The van der Waals surface area contributed by atoms with Crippen molar-refractivity contribution in [3.05, 3.63) is 59.4 Å². The molecule has 2 aromatic carbocycles. The molecule has 1 unspecified atom stereocenters. The number of likely N-dealkylation sites (tertiary alicyclic amines) is 1. The van der Waals surface area contributed by atoms with Crippen LogP contribution in [-0.2, 0) is 14.9 Å². The minimum atomic E-state index is -3.86. The van der Waals surface area contributed by atoms with Crippen molar-refractivity contribution in [2.75, 3.05) is 19.3 Å². The molecule has 32 heavy (non-hydrogen) atoms. The second-order valence-corrected chi connectivity index (χ2v) is 9.50. The van der Waals surface area contributed by atoms with Gasteiger partial charge in [-0.05, 0) is 29.8 Å². The van der Waals surface area contributed by atoms with Crippen LogP contribution in [0.25, 0.3) is 11.1 Å². The van der Waals surface area contributed by atoms with Gasteiger partial charge in [0.25, 0.3) is 5.92 Å². The minimum absolute atomic E-state index is 0.0314. The smallest absolute Gasteiger partial charge is 0.282 e. The quantitative estimate of drug-likeness (QED) is 0.689. The van der Waals surface area contributed by atoms with Crippen molar-refractivity contribution in [2.24, 2.45) is 5.16 Å². The van der Waals surface area contributed by atoms with Crippen LogP contribution in [0, 0.1) is 17.5 Å². The predicted octanol–water partition coefficient (Wildman–Crippen LogP) is 3.41. The minimum Gasteiger partial charge on any atom is -0.386 e. The van der Waals surface area contributed by atoms with Gasteiger partial charge in [-0.1, -0.05) is 17.3 Å². The molecule has 1 fully saturated rings. The van der Waals surface area contributed by atoms with Gasteiger partial charge in [0.05, 0.1) is 24.8 Å². The first-order valence-electron chi connectivity index (χ1n) is 9.51. The Kier molecular flexibility index (Phi) is 5.61. The molecule has 172 valence electrons. The number of nitrogens with zero attached hydrogens (tertiary/aromatic N) is 2. The van der Waals surface area contributed by atoms with Crippen molar-refractivity contribution < 1.29 is 35.2 Å². The predicted molar refractivity (Wildman–Crippen MR) is 106 cm³/mol. The van der Waals surface area contributed by atoms with Crippen LogP contribution in [0.5, 0.6) is 0 Å². The number of rotatable bonds is 4. The maximum atomic E-state index is 14.3. The van der Waals surface area contributed by atoms with Gasteiger partial charge in [0, 0.05) is 12.1 Å². The average Bonchev–Trinajstić information content (AvgIpc) is 3.25. The van der Waals surface area contributed by atoms with E-state index in [0.29, 0.717) is 0 Å². The maximum Gasteiger partial charge on any atom is 0.282 e. The zero-order valence-electron chi connectivity index (χ0n) is 16.7. The Morgan fingerprint density at radius 3 is 2.50 bits per heavy atom. The first-order chi connectivity index (χ1) is 14.9. The monoisotopic (exact) mass is 475 g/mol. The lowest BCUT2D eigenvalue weighted by atomic mass is 9.94. The molecule has 2 atom stereocenters. The molecule has 2 heterocycles. The van der Waals surface area contributed by atoms with Gasteiger partial charge in [0.2, 0.25) is 10.0 Å². The van der Waals surface area contributed by atoms with Gasteiger partial charge < -0.3 is 9.74 Å². The summed E-state index contributed by atoms with van der Waals surface area (Å²) >= 11 is 0. The van der Waals surface area contributed by atoms with Crippen LogP contribution < -0.4 is 4.72 Å². The molecule has 0 aromatic heterocycles. The third-order valence-corrected chi connectivity index (χ3v) is 6.00. The highest BCUT2D eigenvalue weighted by atomic mass is 32.2. The highest BCUT2D eigenvalue weighted by Gasteiger charge is 2.51. The lowest BCUT2D eigenvalue weighted by molar-refractivity contribution is -0.00123. The number of nitrogens with one attached hydrogen (secondary N) is 1. The molecule has 0 radical (unpaired) electrons. The molecule has 2 aliphatic heterocycles. The Labute approximate surface area is 180 Å². The summed E-state index contributed by atoms with van der Waals surface area (Å²) in [5.74, 6) is -5.74. The van der Waals surface area contributed by atoms with Crippen LogP contribution >= 0.6 is 0 Å². The maximum absolute atomic E-state index is 14.3. The molecule has 2 aromatic rings. The van der Waals surface area contributed by atoms with Crippen LogP contribution in [0.3, 0.4) is 0 Å². The Bertz CT molecular complexity index is 1170. The van der Waals surface area contributed by atoms with Crippen LogP contribution in [0.1, 0.15) is 18.1 Å². The number of oxime groups is 1. The number of benzene rings is 2. The first-order valence-corrected chi connectivity index (χ1v) is 11.4. The van der Waals surface area contributed by atoms with Crippen LogP contribution in [0.4, 0.5) is 22.0 Å². The summed E-state index contributed by atoms with van der Waals surface area (Å²) in [6.07, 6.45) is -0.151. The second-order valence-electron chi connectivity index (χ2n) is 7.72. The van der Waals surface area contributed by atoms with E-state index in [-0.39, 0.29) is 29.9 Å². The number of sulfonamides is 1. The van der Waals surface area contributed by atoms with Gasteiger partial charge >= 0.3 is 0 Å². The second kappa shape index (κ2) is 8.00. The third kappa shape index (κ3) is 4.42. The fraction of sp³-hybridized carbons (Fsp3) is 0.350. The fourth-order valence-corrected chi connectivity index (χ4v) is 4.62. The zero-order chi connectivity index (χ0) is 23.3. The summed E-state index contributed by atoms with van der Waals surface area (Å²) in [7, 11) is -3.86. The van der Waals surface area contributed by atoms with Gasteiger partial charge in [0.15, 0.2) is 6.10 Å². The molecule has 2 aliphatic rings. The standard InChI is InChI=1S/C20H18F5N3O3S/c1-32(29,30)27-17-9-28(10-20(17,24)25)18-8-16(31-26-18)12-6-5-11(21)7-13(12)19-14(22)3-2-4-15(19)23/h2-7,16-17,27H,8-10H2,1H3/t16?,17-/m1/s1. The van der Waals surface area contributed by atoms with Crippen molar-refractivity contribution in [3.63, 3.8) is 0 Å². The van der Waals surface area contributed by atoms with Crippen molar-refractivity contribution >= 4 is 15.9 Å². The van der Waals surface area contributed by atoms with Gasteiger partial charge in [-0.2, -0.15) is 0 Å². The van der Waals surface area contributed by atoms with Crippen molar-refractivity contribution in [1.29, 1.82) is 0 Å². The van der Waals surface area contributed by atoms with Gasteiger partial charge in [-0.15, -0.1) is 0 Å². The van der Waals surface area contributed by atoms with E-state index in [2.05, 4.69) is 5.16 Å². The van der Waals surface area contributed by atoms with E-state index >= 15 is 0 Å². The molecular formula is C20H18F5N3O3S. The summed E-state index contributed by atoms with van der Waals surface area (Å²) in [5, 5.41) is 3.82. The summed E-state index contributed by atoms with van der Waals surface area (Å²) in [6, 6.07) is 4.95. The van der Waals surface area contributed by atoms with E-state index < -0.39 is 57.7 Å². The van der Waals surface area contributed by atoms with Crippen molar-refractivity contribution in [3.8, 4) is 11.1 Å². The fourth-order valence-electron chi connectivity index (χ4n) is 3.86. The van der Waals surface area contributed by atoms with E-state index in [0.717, 1.165) is 30.5 Å². The van der Waals surface area contributed by atoms with E-state index in [9.17, 15) is 30.4 Å². The first kappa shape index (κ1) is 22.5. The van der Waals surface area contributed by atoms with E-state index in [1.165, 1.54) is 17.0 Å². The zero-order valence-corrected chi connectivity index (χ0v) is 17.5. The molecule has 1 N–H and O–H groups in total. The number of amidine groups is 1. The molecule has 6 nitrogen and oxygen atoms in total. The molecule has 0 saturated carbocycles. The highest BCUT2D eigenvalue weighted by molar-refractivity contribution is 7.88. The van der Waals surface area contributed by atoms with Gasteiger partial charge in [-0.3, -0.25) is 0 Å². The Hall–Kier alpha value is -2.73. The lowest BCUT2D eigenvalue weighted by Gasteiger charge is -2.18. The summed E-state index contributed by atoms with van der Waals surface area (Å²) in [4.78, 5) is 6.54. The largest absolute Gasteiger partial charge is 0.386 e. The molecule has 0 spiro atoms. The van der Waals surface area contributed by atoms with Crippen LogP contribution in [0.15, 0.2) is 41.6 Å². The third-order valence-electron chi connectivity index (χ3n) is 5.28. The summed E-state index contributed by atoms with van der Waals surface area (Å²) in [5.41, 5.74) is -0.291. The Balaban J connectivity index is 1.58. The normalized spacial score (nSPS) is 22.7. The number of hydrogen-bond acceptors (Lipinski definition) is 5. The lowest BCUT2D eigenvalue weighted by Crippen LogP contribution is -2.46. The van der Waals surface area contributed by atoms with Crippen molar-refractivity contribution in [1.82, 2.24) is 9.62 Å². The molecular weight excluding hydrogens is 457 g/mol. The average molecular weight is 475 g/mol. The molecule has 0 amide bonds. The van der Waals surface area contributed by atoms with Gasteiger partial charge in [-0.25, -0.2) is 35.1 Å². The molecule has 12 heteroatoms. The van der Waals surface area contributed by atoms with Crippen LogP contribution in [-0.4, -0.2) is 50.5 Å². The molecule has 4 rings (SSSR count). The Morgan fingerprint density at radius 1 is 1.16 bits per heavy atom. The number of alkyl halides is 2. The molecule has 0 aliphatic carbocycles. The van der Waals surface area contributed by atoms with E-state index in [1.54, 1.807) is 0 Å². The summed E-state index contributed by atoms with van der Waals surface area (Å²) in [6.45, 7) is -1.12. The highest BCUT2D eigenvalue weighted by Crippen LogP contribution is 2.39. The number of hydrogen-bond donors (Lipinski definition) is 1.